The van der Waals surface area contributed by atoms with Crippen LogP contribution in [-0.2, 0) is 0 Å². The molecule has 1 atom stereocenters. The van der Waals surface area contributed by atoms with Crippen LogP contribution in [0.3, 0.4) is 0 Å². The Labute approximate surface area is 171 Å². The maximum atomic E-state index is 13.4. The van der Waals surface area contributed by atoms with Crippen LogP contribution in [0.1, 0.15) is 16.1 Å². The second-order valence-electron chi connectivity index (χ2n) is 6.59. The van der Waals surface area contributed by atoms with Gasteiger partial charge in [0.15, 0.2) is 0 Å². The van der Waals surface area contributed by atoms with Crippen LogP contribution in [0.2, 0.25) is 0 Å². The molecule has 1 aliphatic heterocycles. The smallest absolute Gasteiger partial charge is 0.350 e. The molecule has 1 fully saturated rings. The van der Waals surface area contributed by atoms with Crippen LogP contribution >= 0.6 is 12.4 Å². The maximum absolute atomic E-state index is 13.4. The number of halogens is 5. The number of carbonyl (C=O) groups excluding carboxylic acids is 1. The van der Waals surface area contributed by atoms with Crippen molar-refractivity contribution in [3.8, 4) is 5.69 Å². The standard InChI is InChI=1S/C18H21F4N5O.ClH/c1-12-15(10-25-27(12)14-4-2-13(19)3-5-14)17(28)24-11-16(18(20,21)22)26-8-6-23-7-9-26;/h2-5,10,16,23H,6-9,11H2,1H3,(H,24,28);1H. The molecule has 0 radical (unpaired) electrons. The third-order valence-electron chi connectivity index (χ3n) is 4.75. The van der Waals surface area contributed by atoms with Crippen molar-refractivity contribution < 1.29 is 22.4 Å². The third-order valence-corrected chi connectivity index (χ3v) is 4.75. The number of hydrogen-bond acceptors (Lipinski definition) is 4. The molecule has 3 rings (SSSR count). The van der Waals surface area contributed by atoms with Crippen molar-refractivity contribution in [3.05, 3.63) is 47.5 Å². The average Bonchev–Trinajstić information content (AvgIpc) is 3.04. The lowest BCUT2D eigenvalue weighted by Crippen LogP contribution is -2.57. The van der Waals surface area contributed by atoms with E-state index in [1.165, 1.54) is 40.0 Å². The van der Waals surface area contributed by atoms with Crippen molar-refractivity contribution in [2.24, 2.45) is 0 Å². The predicted octanol–water partition coefficient (Wildman–Crippen LogP) is 2.31. The Hall–Kier alpha value is -2.17. The summed E-state index contributed by atoms with van der Waals surface area (Å²) in [5.74, 6) is -1.03. The van der Waals surface area contributed by atoms with Crippen LogP contribution in [0.25, 0.3) is 5.69 Å². The minimum absolute atomic E-state index is 0. The zero-order chi connectivity index (χ0) is 20.3. The summed E-state index contributed by atoms with van der Waals surface area (Å²) in [5, 5.41) is 9.49. The Balaban J connectivity index is 0.00000300. The molecule has 0 aliphatic carbocycles. The molecule has 1 aromatic carbocycles. The van der Waals surface area contributed by atoms with Gasteiger partial charge in [0.2, 0.25) is 0 Å². The summed E-state index contributed by atoms with van der Waals surface area (Å²) in [6, 6.07) is 3.78. The summed E-state index contributed by atoms with van der Waals surface area (Å²) < 4.78 is 54.8. The Bertz CT molecular complexity index is 819. The van der Waals surface area contributed by atoms with Crippen molar-refractivity contribution in [2.75, 3.05) is 32.7 Å². The SMILES string of the molecule is Cc1c(C(=O)NCC(N2CCNCC2)C(F)(F)F)cnn1-c1ccc(F)cc1.Cl. The van der Waals surface area contributed by atoms with Crippen LogP contribution < -0.4 is 10.6 Å². The molecule has 1 saturated heterocycles. The quantitative estimate of drug-likeness (QED) is 0.708. The summed E-state index contributed by atoms with van der Waals surface area (Å²) in [6.07, 6.45) is -3.15. The van der Waals surface area contributed by atoms with Crippen LogP contribution in [0.5, 0.6) is 0 Å². The van der Waals surface area contributed by atoms with E-state index in [0.717, 1.165) is 0 Å². The molecule has 11 heteroatoms. The average molecular weight is 436 g/mol. The lowest BCUT2D eigenvalue weighted by atomic mass is 10.2. The Kier molecular flexibility index (Phi) is 7.61. The summed E-state index contributed by atoms with van der Waals surface area (Å²) in [6.45, 7) is 2.57. The van der Waals surface area contributed by atoms with Gasteiger partial charge in [-0.2, -0.15) is 18.3 Å². The van der Waals surface area contributed by atoms with Crippen LogP contribution in [0.15, 0.2) is 30.5 Å². The monoisotopic (exact) mass is 435 g/mol. The number of benzene rings is 1. The highest BCUT2D eigenvalue weighted by Gasteiger charge is 2.43. The van der Waals surface area contributed by atoms with Gasteiger partial charge < -0.3 is 10.6 Å². The first-order chi connectivity index (χ1) is 13.3. The number of rotatable bonds is 5. The van der Waals surface area contributed by atoms with Gasteiger partial charge in [0, 0.05) is 32.7 Å². The topological polar surface area (TPSA) is 62.2 Å². The molecule has 0 saturated carbocycles. The summed E-state index contributed by atoms with van der Waals surface area (Å²) in [5.41, 5.74) is 1.17. The van der Waals surface area contributed by atoms with E-state index >= 15 is 0 Å². The zero-order valence-electron chi connectivity index (χ0n) is 15.7. The molecule has 0 bridgehead atoms. The van der Waals surface area contributed by atoms with Gasteiger partial charge in [-0.1, -0.05) is 0 Å². The molecule has 0 spiro atoms. The van der Waals surface area contributed by atoms with E-state index in [9.17, 15) is 22.4 Å². The van der Waals surface area contributed by atoms with E-state index in [2.05, 4.69) is 15.7 Å². The Morgan fingerprint density at radius 3 is 2.45 bits per heavy atom. The largest absolute Gasteiger partial charge is 0.405 e. The van der Waals surface area contributed by atoms with E-state index < -0.39 is 30.5 Å². The lowest BCUT2D eigenvalue weighted by molar-refractivity contribution is -0.183. The normalized spacial score (nSPS) is 16.2. The van der Waals surface area contributed by atoms with Gasteiger partial charge in [0.05, 0.1) is 23.1 Å². The Morgan fingerprint density at radius 1 is 1.24 bits per heavy atom. The number of alkyl halides is 3. The molecule has 160 valence electrons. The fraction of sp³-hybridized carbons (Fsp3) is 0.444. The van der Waals surface area contributed by atoms with Gasteiger partial charge in [0.1, 0.15) is 11.9 Å². The number of amides is 1. The van der Waals surface area contributed by atoms with Crippen LogP contribution in [0.4, 0.5) is 17.6 Å². The molecule has 2 aromatic rings. The van der Waals surface area contributed by atoms with E-state index in [1.807, 2.05) is 0 Å². The van der Waals surface area contributed by atoms with Crippen LogP contribution in [0, 0.1) is 12.7 Å². The maximum Gasteiger partial charge on any atom is 0.405 e. The minimum atomic E-state index is -4.45. The fourth-order valence-electron chi connectivity index (χ4n) is 3.21. The van der Waals surface area contributed by atoms with E-state index in [4.69, 9.17) is 0 Å². The van der Waals surface area contributed by atoms with Crippen molar-refractivity contribution in [1.82, 2.24) is 25.3 Å². The molecule has 6 nitrogen and oxygen atoms in total. The van der Waals surface area contributed by atoms with Gasteiger partial charge in [-0.05, 0) is 31.2 Å². The number of piperazine rings is 1. The summed E-state index contributed by atoms with van der Waals surface area (Å²) in [4.78, 5) is 13.8. The number of nitrogens with zero attached hydrogens (tertiary/aromatic N) is 3. The van der Waals surface area contributed by atoms with Gasteiger partial charge in [-0.25, -0.2) is 9.07 Å². The third kappa shape index (κ3) is 5.46. The molecule has 29 heavy (non-hydrogen) atoms. The first-order valence-corrected chi connectivity index (χ1v) is 8.87. The van der Waals surface area contributed by atoms with Gasteiger partial charge in [-0.3, -0.25) is 9.69 Å². The molecule has 2 heterocycles. The number of aromatic nitrogens is 2. The highest BCUT2D eigenvalue weighted by Crippen LogP contribution is 2.25. The van der Waals surface area contributed by atoms with Gasteiger partial charge >= 0.3 is 6.18 Å². The van der Waals surface area contributed by atoms with E-state index in [-0.39, 0.29) is 31.1 Å². The second kappa shape index (κ2) is 9.55. The summed E-state index contributed by atoms with van der Waals surface area (Å²) >= 11 is 0. The summed E-state index contributed by atoms with van der Waals surface area (Å²) in [7, 11) is 0. The van der Waals surface area contributed by atoms with Crippen molar-refractivity contribution in [1.29, 1.82) is 0 Å². The molecule has 2 N–H and O–H groups in total. The number of hydrogen-bond donors (Lipinski definition) is 2. The molecule has 1 amide bonds. The van der Waals surface area contributed by atoms with Crippen molar-refractivity contribution in [3.63, 3.8) is 0 Å². The minimum Gasteiger partial charge on any atom is -0.350 e. The number of carbonyl (C=O) groups is 1. The van der Waals surface area contributed by atoms with Crippen molar-refractivity contribution >= 4 is 18.3 Å². The Morgan fingerprint density at radius 2 is 1.86 bits per heavy atom. The fourth-order valence-corrected chi connectivity index (χ4v) is 3.21. The lowest BCUT2D eigenvalue weighted by Gasteiger charge is -2.35. The van der Waals surface area contributed by atoms with Gasteiger partial charge in [-0.15, -0.1) is 12.4 Å². The highest BCUT2D eigenvalue weighted by molar-refractivity contribution is 5.95. The van der Waals surface area contributed by atoms with E-state index in [1.54, 1.807) is 6.92 Å². The molecular weight excluding hydrogens is 414 g/mol. The van der Waals surface area contributed by atoms with Crippen molar-refractivity contribution in [2.45, 2.75) is 19.1 Å². The second-order valence-corrected chi connectivity index (χ2v) is 6.59. The first-order valence-electron chi connectivity index (χ1n) is 8.87. The molecule has 1 aliphatic rings. The van der Waals surface area contributed by atoms with Gasteiger partial charge in [0.25, 0.3) is 5.91 Å². The van der Waals surface area contributed by atoms with Crippen LogP contribution in [-0.4, -0.2) is 65.5 Å². The highest BCUT2D eigenvalue weighted by atomic mass is 35.5. The number of nitrogens with one attached hydrogen (secondary N) is 2. The molecule has 1 aromatic heterocycles. The predicted molar refractivity (Wildman–Crippen MR) is 102 cm³/mol. The zero-order valence-corrected chi connectivity index (χ0v) is 16.5. The molecular formula is C18H22ClF4N5O. The molecule has 1 unspecified atom stereocenters. The first kappa shape index (κ1) is 23.1. The van der Waals surface area contributed by atoms with E-state index in [0.29, 0.717) is 24.5 Å².